The molecule has 0 saturated carbocycles. The number of aromatic nitrogens is 2. The highest BCUT2D eigenvalue weighted by atomic mass is 19.1. The molecule has 0 radical (unpaired) electrons. The number of aliphatic hydroxyl groups excluding tert-OH is 2. The number of nitrogens with zero attached hydrogens (tertiary/aromatic N) is 5. The largest absolute Gasteiger partial charge is 0.393 e. The molecule has 2 rings (SSSR count). The van der Waals surface area contributed by atoms with Crippen molar-refractivity contribution < 1.29 is 19.3 Å². The molecule has 1 aliphatic heterocycles. The Morgan fingerprint density at radius 2 is 2.48 bits per heavy atom. The van der Waals surface area contributed by atoms with E-state index in [2.05, 4.69) is 20.3 Å². The number of anilines is 1. The molecule has 0 aromatic carbocycles. The van der Waals surface area contributed by atoms with Gasteiger partial charge in [0.1, 0.15) is 11.9 Å². The number of nitrogens with one attached hydrogen (secondary N) is 1. The molecule has 3 N–H and O–H groups in total. The molecule has 114 valence electrons. The lowest BCUT2D eigenvalue weighted by molar-refractivity contribution is -0.124. The molecule has 1 aromatic heterocycles. The van der Waals surface area contributed by atoms with E-state index in [-0.39, 0.29) is 5.82 Å². The van der Waals surface area contributed by atoms with Crippen LogP contribution in [0.1, 0.15) is 6.23 Å². The van der Waals surface area contributed by atoms with E-state index in [4.69, 9.17) is 10.3 Å². The van der Waals surface area contributed by atoms with Crippen LogP contribution in [0.4, 0.5) is 10.2 Å². The van der Waals surface area contributed by atoms with Crippen LogP contribution in [0.3, 0.4) is 0 Å². The van der Waals surface area contributed by atoms with E-state index in [0.717, 1.165) is 4.57 Å². The molecule has 0 bridgehead atoms. The van der Waals surface area contributed by atoms with Gasteiger partial charge in [-0.25, -0.2) is 9.18 Å². The molecule has 1 aliphatic rings. The highest BCUT2D eigenvalue weighted by Crippen LogP contribution is 2.39. The van der Waals surface area contributed by atoms with E-state index < -0.39 is 36.5 Å². The van der Waals surface area contributed by atoms with Crippen LogP contribution in [0.25, 0.3) is 10.4 Å². The quantitative estimate of drug-likeness (QED) is 0.388. The Kier molecular flexibility index (Phi) is 4.09. The maximum atomic E-state index is 14.2. The maximum absolute atomic E-state index is 14.2. The molecule has 0 amide bonds. The monoisotopic (exact) mass is 300 g/mol. The van der Waals surface area contributed by atoms with Crippen molar-refractivity contribution in [1.29, 1.82) is 0 Å². The Labute approximate surface area is 117 Å². The highest BCUT2D eigenvalue weighted by molar-refractivity contribution is 5.30. The number of hydrogen-bond acceptors (Lipinski definition) is 7. The fourth-order valence-corrected chi connectivity index (χ4v) is 2.03. The first-order valence-electron chi connectivity index (χ1n) is 5.93. The summed E-state index contributed by atoms with van der Waals surface area (Å²) in [6.45, 7) is -0.939. The van der Waals surface area contributed by atoms with E-state index in [1.807, 2.05) is 0 Å². The lowest BCUT2D eigenvalue weighted by Gasteiger charge is -2.23. The second-order valence-electron chi connectivity index (χ2n) is 4.34. The Morgan fingerprint density at radius 3 is 3.00 bits per heavy atom. The minimum Gasteiger partial charge on any atom is -0.393 e. The van der Waals surface area contributed by atoms with Crippen molar-refractivity contribution in [2.75, 3.05) is 19.0 Å². The van der Waals surface area contributed by atoms with Gasteiger partial charge in [-0.3, -0.25) is 4.57 Å². The molecule has 21 heavy (non-hydrogen) atoms. The van der Waals surface area contributed by atoms with Crippen LogP contribution in [0.2, 0.25) is 0 Å². The van der Waals surface area contributed by atoms with E-state index in [1.165, 1.54) is 12.3 Å². The molecule has 10 nitrogen and oxygen atoms in total. The molecular formula is C10H13FN6O4. The van der Waals surface area contributed by atoms with Crippen molar-refractivity contribution >= 4 is 5.82 Å². The zero-order valence-corrected chi connectivity index (χ0v) is 10.9. The predicted molar refractivity (Wildman–Crippen MR) is 68.0 cm³/mol. The van der Waals surface area contributed by atoms with Gasteiger partial charge in [0.05, 0.1) is 6.61 Å². The van der Waals surface area contributed by atoms with Gasteiger partial charge in [0.25, 0.3) is 0 Å². The number of aliphatic hydroxyl groups is 2. The van der Waals surface area contributed by atoms with Crippen LogP contribution >= 0.6 is 0 Å². The summed E-state index contributed by atoms with van der Waals surface area (Å²) in [5.41, 5.74) is 5.45. The van der Waals surface area contributed by atoms with Crippen LogP contribution < -0.4 is 11.0 Å². The Morgan fingerprint density at radius 1 is 1.76 bits per heavy atom. The first-order chi connectivity index (χ1) is 9.99. The molecular weight excluding hydrogens is 287 g/mol. The molecule has 4 unspecified atom stereocenters. The van der Waals surface area contributed by atoms with Gasteiger partial charge < -0.3 is 20.3 Å². The van der Waals surface area contributed by atoms with Crippen LogP contribution in [-0.4, -0.2) is 51.4 Å². The zero-order valence-electron chi connectivity index (χ0n) is 10.9. The summed E-state index contributed by atoms with van der Waals surface area (Å²) in [6.07, 6.45) is -4.35. The highest BCUT2D eigenvalue weighted by Gasteiger charge is 2.56. The lowest BCUT2D eigenvalue weighted by atomic mass is 10.1. The predicted octanol–water partition coefficient (Wildman–Crippen LogP) is -0.488. The number of alkyl halides is 1. The summed E-state index contributed by atoms with van der Waals surface area (Å²) in [5, 5.41) is 24.8. The molecule has 1 saturated heterocycles. The van der Waals surface area contributed by atoms with Gasteiger partial charge >= 0.3 is 5.69 Å². The molecule has 2 heterocycles. The molecule has 0 spiro atoms. The smallest absolute Gasteiger partial charge is 0.351 e. The second kappa shape index (κ2) is 5.66. The maximum Gasteiger partial charge on any atom is 0.351 e. The van der Waals surface area contributed by atoms with Crippen molar-refractivity contribution in [2.45, 2.75) is 24.2 Å². The lowest BCUT2D eigenvalue weighted by Crippen LogP contribution is -2.43. The summed E-state index contributed by atoms with van der Waals surface area (Å²) < 4.78 is 20.1. The summed E-state index contributed by atoms with van der Waals surface area (Å²) in [4.78, 5) is 17.9. The Balaban J connectivity index is 2.42. The fourth-order valence-electron chi connectivity index (χ4n) is 2.03. The number of halogens is 1. The van der Waals surface area contributed by atoms with E-state index >= 15 is 0 Å². The first kappa shape index (κ1) is 15.2. The van der Waals surface area contributed by atoms with Gasteiger partial charge in [0.15, 0.2) is 12.4 Å². The molecule has 11 heteroatoms. The number of rotatable bonds is 4. The molecule has 0 aliphatic carbocycles. The van der Waals surface area contributed by atoms with Crippen LogP contribution in [0, 0.1) is 0 Å². The average Bonchev–Trinajstić information content (AvgIpc) is 2.73. The van der Waals surface area contributed by atoms with Crippen molar-refractivity contribution in [2.24, 2.45) is 5.11 Å². The third kappa shape index (κ3) is 2.43. The number of hydrogen-bond donors (Lipinski definition) is 3. The number of ether oxygens (including phenoxy) is 1. The molecule has 1 aromatic rings. The van der Waals surface area contributed by atoms with E-state index in [0.29, 0.717) is 0 Å². The average molecular weight is 300 g/mol. The Bertz CT molecular complexity index is 632. The van der Waals surface area contributed by atoms with Gasteiger partial charge in [0.2, 0.25) is 5.72 Å². The standard InChI is InChI=1S/C10H13FN6O4/c1-13-5-2-3-17(9(20)14-5)8-6(11)7(19)10(4-18,21-8)15-16-12/h2-3,6-8,18-19H,4H2,1H3,(H,13,14,20). The van der Waals surface area contributed by atoms with Crippen molar-refractivity contribution in [3.05, 3.63) is 33.2 Å². The summed E-state index contributed by atoms with van der Waals surface area (Å²) in [5.74, 6) is 0.272. The third-order valence-corrected chi connectivity index (χ3v) is 3.16. The fraction of sp³-hybridized carbons (Fsp3) is 0.600. The van der Waals surface area contributed by atoms with Gasteiger partial charge in [-0.1, -0.05) is 5.11 Å². The van der Waals surface area contributed by atoms with Crippen molar-refractivity contribution in [3.8, 4) is 0 Å². The summed E-state index contributed by atoms with van der Waals surface area (Å²) in [7, 11) is 1.55. The zero-order chi connectivity index (χ0) is 15.6. The second-order valence-corrected chi connectivity index (χ2v) is 4.34. The summed E-state index contributed by atoms with van der Waals surface area (Å²) in [6, 6.07) is 1.40. The minimum atomic E-state index is -2.18. The normalized spacial score (nSPS) is 31.7. The van der Waals surface area contributed by atoms with E-state index in [1.54, 1.807) is 7.05 Å². The Hall–Kier alpha value is -2.20. The van der Waals surface area contributed by atoms with Crippen molar-refractivity contribution in [3.63, 3.8) is 0 Å². The number of azide groups is 1. The van der Waals surface area contributed by atoms with Gasteiger partial charge in [0, 0.05) is 18.2 Å². The minimum absolute atomic E-state index is 0.272. The van der Waals surface area contributed by atoms with E-state index in [9.17, 15) is 19.4 Å². The van der Waals surface area contributed by atoms with Crippen LogP contribution in [0.5, 0.6) is 0 Å². The van der Waals surface area contributed by atoms with Gasteiger partial charge in [-0.15, -0.1) is 0 Å². The molecule has 1 fully saturated rings. The summed E-state index contributed by atoms with van der Waals surface area (Å²) >= 11 is 0. The van der Waals surface area contributed by atoms with Crippen LogP contribution in [-0.2, 0) is 4.74 Å². The van der Waals surface area contributed by atoms with Crippen molar-refractivity contribution in [1.82, 2.24) is 9.55 Å². The SMILES string of the molecule is CNc1ccn(C2OC(CO)(N=[N+]=[N-])C(O)C2F)c(=O)n1. The topological polar surface area (TPSA) is 145 Å². The van der Waals surface area contributed by atoms with Crippen LogP contribution in [0.15, 0.2) is 22.2 Å². The third-order valence-electron chi connectivity index (χ3n) is 3.16. The first-order valence-corrected chi connectivity index (χ1v) is 5.93. The van der Waals surface area contributed by atoms with Gasteiger partial charge in [-0.05, 0) is 11.6 Å². The molecule has 4 atom stereocenters. The van der Waals surface area contributed by atoms with Gasteiger partial charge in [-0.2, -0.15) is 4.98 Å².